The van der Waals surface area contributed by atoms with Gasteiger partial charge in [0.25, 0.3) is 0 Å². The van der Waals surface area contributed by atoms with Gasteiger partial charge in [0.15, 0.2) is 0 Å². The number of nitrogens with zero attached hydrogens (tertiary/aromatic N) is 1. The van der Waals surface area contributed by atoms with E-state index >= 15 is 0 Å². The van der Waals surface area contributed by atoms with Gasteiger partial charge in [0.1, 0.15) is 0 Å². The Bertz CT molecular complexity index is 532. The number of ether oxygens (including phenoxy) is 1. The fourth-order valence-electron chi connectivity index (χ4n) is 3.74. The van der Waals surface area contributed by atoms with Crippen molar-refractivity contribution in [3.8, 4) is 6.07 Å². The molecule has 25 heavy (non-hydrogen) atoms. The number of hydrogen-bond donors (Lipinski definition) is 0. The van der Waals surface area contributed by atoms with Crippen LogP contribution in [0.1, 0.15) is 88.2 Å². The van der Waals surface area contributed by atoms with Crippen LogP contribution in [-0.2, 0) is 4.74 Å². The molecule has 0 bridgehead atoms. The largest absolute Gasteiger partial charge is 0.502 e. The first kappa shape index (κ1) is 19.6. The SMILES string of the molecule is CCCCCCC=COCCC1CCC(c2ccc(C#N)cc2)CC1. The summed E-state index contributed by atoms with van der Waals surface area (Å²) in [5, 5.41) is 8.89. The highest BCUT2D eigenvalue weighted by molar-refractivity contribution is 5.33. The molecule has 0 radical (unpaired) electrons. The van der Waals surface area contributed by atoms with E-state index in [0.717, 1.165) is 24.5 Å². The van der Waals surface area contributed by atoms with Gasteiger partial charge in [0.2, 0.25) is 0 Å². The molecule has 0 spiro atoms. The Morgan fingerprint density at radius 3 is 2.52 bits per heavy atom. The zero-order chi connectivity index (χ0) is 17.7. The highest BCUT2D eigenvalue weighted by Gasteiger charge is 2.22. The van der Waals surface area contributed by atoms with E-state index in [1.807, 2.05) is 18.4 Å². The summed E-state index contributed by atoms with van der Waals surface area (Å²) < 4.78 is 5.67. The molecule has 1 saturated carbocycles. The van der Waals surface area contributed by atoms with Crippen LogP contribution in [0.3, 0.4) is 0 Å². The van der Waals surface area contributed by atoms with E-state index in [1.165, 1.54) is 63.4 Å². The summed E-state index contributed by atoms with van der Waals surface area (Å²) in [5.41, 5.74) is 2.16. The predicted octanol–water partition coefficient (Wildman–Crippen LogP) is 6.72. The maximum atomic E-state index is 8.89. The zero-order valence-electron chi connectivity index (χ0n) is 15.8. The van der Waals surface area contributed by atoms with Crippen molar-refractivity contribution in [1.82, 2.24) is 0 Å². The maximum Gasteiger partial charge on any atom is 0.0991 e. The summed E-state index contributed by atoms with van der Waals surface area (Å²) in [4.78, 5) is 0. The Hall–Kier alpha value is -1.75. The van der Waals surface area contributed by atoms with Crippen molar-refractivity contribution in [1.29, 1.82) is 5.26 Å². The highest BCUT2D eigenvalue weighted by atomic mass is 16.5. The van der Waals surface area contributed by atoms with Crippen LogP contribution in [0.4, 0.5) is 0 Å². The molecular weight excluding hydrogens is 306 g/mol. The Morgan fingerprint density at radius 2 is 1.84 bits per heavy atom. The second-order valence-electron chi connectivity index (χ2n) is 7.33. The van der Waals surface area contributed by atoms with Crippen LogP contribution in [0.15, 0.2) is 36.6 Å². The van der Waals surface area contributed by atoms with Crippen LogP contribution in [0.5, 0.6) is 0 Å². The Morgan fingerprint density at radius 1 is 1.08 bits per heavy atom. The van der Waals surface area contributed by atoms with Gasteiger partial charge < -0.3 is 4.74 Å². The summed E-state index contributed by atoms with van der Waals surface area (Å²) in [6.07, 6.45) is 16.8. The fraction of sp³-hybridized carbons (Fsp3) is 0.609. The molecule has 1 aliphatic rings. The lowest BCUT2D eigenvalue weighted by Crippen LogP contribution is -2.14. The van der Waals surface area contributed by atoms with E-state index in [1.54, 1.807) is 0 Å². The van der Waals surface area contributed by atoms with Gasteiger partial charge in [0, 0.05) is 0 Å². The summed E-state index contributed by atoms with van der Waals surface area (Å²) in [6.45, 7) is 3.11. The first-order valence-electron chi connectivity index (χ1n) is 10.1. The third kappa shape index (κ3) is 7.34. The number of rotatable bonds is 10. The third-order valence-electron chi connectivity index (χ3n) is 5.42. The molecule has 0 heterocycles. The molecule has 1 aromatic carbocycles. The van der Waals surface area contributed by atoms with Crippen molar-refractivity contribution < 1.29 is 4.74 Å². The van der Waals surface area contributed by atoms with E-state index in [9.17, 15) is 0 Å². The molecule has 0 N–H and O–H groups in total. The van der Waals surface area contributed by atoms with E-state index in [0.29, 0.717) is 5.92 Å². The predicted molar refractivity (Wildman–Crippen MR) is 104 cm³/mol. The van der Waals surface area contributed by atoms with Crippen molar-refractivity contribution in [3.63, 3.8) is 0 Å². The molecule has 0 amide bonds. The molecule has 2 nitrogen and oxygen atoms in total. The van der Waals surface area contributed by atoms with E-state index < -0.39 is 0 Å². The first-order valence-corrected chi connectivity index (χ1v) is 10.1. The van der Waals surface area contributed by atoms with Crippen LogP contribution >= 0.6 is 0 Å². The second-order valence-corrected chi connectivity index (χ2v) is 7.33. The summed E-state index contributed by atoms with van der Waals surface area (Å²) in [5.74, 6) is 1.49. The van der Waals surface area contributed by atoms with Crippen LogP contribution < -0.4 is 0 Å². The Labute approximate surface area is 153 Å². The number of nitriles is 1. The monoisotopic (exact) mass is 339 g/mol. The van der Waals surface area contributed by atoms with Crippen LogP contribution in [0, 0.1) is 17.2 Å². The normalized spacial score (nSPS) is 20.5. The number of benzene rings is 1. The third-order valence-corrected chi connectivity index (χ3v) is 5.42. The molecule has 136 valence electrons. The van der Waals surface area contributed by atoms with Crippen molar-refractivity contribution >= 4 is 0 Å². The summed E-state index contributed by atoms with van der Waals surface area (Å²) >= 11 is 0. The van der Waals surface area contributed by atoms with Gasteiger partial charge in [-0.2, -0.15) is 5.26 Å². The minimum Gasteiger partial charge on any atom is -0.502 e. The summed E-state index contributed by atoms with van der Waals surface area (Å²) in [6, 6.07) is 10.4. The maximum absolute atomic E-state index is 8.89. The minimum absolute atomic E-state index is 0.674. The first-order chi connectivity index (χ1) is 12.3. The van der Waals surface area contributed by atoms with Crippen molar-refractivity contribution in [2.45, 2.75) is 77.0 Å². The zero-order valence-corrected chi connectivity index (χ0v) is 15.8. The fourth-order valence-corrected chi connectivity index (χ4v) is 3.74. The number of unbranched alkanes of at least 4 members (excludes halogenated alkanes) is 4. The molecule has 0 unspecified atom stereocenters. The van der Waals surface area contributed by atoms with Gasteiger partial charge in [-0.25, -0.2) is 0 Å². The average molecular weight is 340 g/mol. The standard InChI is InChI=1S/C23H33NO/c1-2-3-4-5-6-7-17-25-18-16-20-8-12-22(13-9-20)23-14-10-21(19-24)11-15-23/h7,10-11,14-15,17,20,22H,2-6,8-9,12-13,16,18H2,1H3. The molecule has 1 aliphatic carbocycles. The molecule has 0 saturated heterocycles. The minimum atomic E-state index is 0.674. The molecule has 1 fully saturated rings. The van der Waals surface area contributed by atoms with Crippen LogP contribution in [0.2, 0.25) is 0 Å². The molecule has 0 aromatic heterocycles. The van der Waals surface area contributed by atoms with E-state index in [4.69, 9.17) is 10.00 Å². The average Bonchev–Trinajstić information content (AvgIpc) is 2.67. The Balaban J connectivity index is 1.56. The van der Waals surface area contributed by atoms with Crippen molar-refractivity contribution in [2.24, 2.45) is 5.92 Å². The smallest absolute Gasteiger partial charge is 0.0991 e. The topological polar surface area (TPSA) is 33.0 Å². The lowest BCUT2D eigenvalue weighted by molar-refractivity contribution is 0.197. The molecule has 2 heteroatoms. The van der Waals surface area contributed by atoms with Gasteiger partial charge in [0.05, 0.1) is 24.5 Å². The van der Waals surface area contributed by atoms with Gasteiger partial charge in [-0.1, -0.05) is 38.3 Å². The second kappa shape index (κ2) is 11.7. The summed E-state index contributed by atoms with van der Waals surface area (Å²) in [7, 11) is 0. The molecule has 0 aliphatic heterocycles. The highest BCUT2D eigenvalue weighted by Crippen LogP contribution is 2.37. The molecular formula is C23H33NO. The number of hydrogen-bond acceptors (Lipinski definition) is 2. The molecule has 2 rings (SSSR count). The van der Waals surface area contributed by atoms with Gasteiger partial charge in [-0.05, 0) is 80.6 Å². The van der Waals surface area contributed by atoms with Crippen molar-refractivity contribution in [3.05, 3.63) is 47.7 Å². The lowest BCUT2D eigenvalue weighted by Gasteiger charge is -2.28. The van der Waals surface area contributed by atoms with E-state index in [-0.39, 0.29) is 0 Å². The van der Waals surface area contributed by atoms with Crippen molar-refractivity contribution in [2.75, 3.05) is 6.61 Å². The van der Waals surface area contributed by atoms with E-state index in [2.05, 4.69) is 31.2 Å². The van der Waals surface area contributed by atoms with Crippen LogP contribution in [0.25, 0.3) is 0 Å². The lowest BCUT2D eigenvalue weighted by atomic mass is 9.77. The van der Waals surface area contributed by atoms with Crippen LogP contribution in [-0.4, -0.2) is 6.61 Å². The van der Waals surface area contributed by atoms with Gasteiger partial charge >= 0.3 is 0 Å². The van der Waals surface area contributed by atoms with Gasteiger partial charge in [-0.15, -0.1) is 0 Å². The number of allylic oxidation sites excluding steroid dienone is 1. The molecule has 0 atom stereocenters. The quantitative estimate of drug-likeness (QED) is 0.350. The Kier molecular flexibility index (Phi) is 9.19. The molecule has 1 aromatic rings. The van der Waals surface area contributed by atoms with Gasteiger partial charge in [-0.3, -0.25) is 0 Å².